The third-order valence-corrected chi connectivity index (χ3v) is 4.08. The van der Waals surface area contributed by atoms with E-state index in [1.165, 1.54) is 29.2 Å². The van der Waals surface area contributed by atoms with E-state index in [4.69, 9.17) is 4.74 Å². The number of benzene rings is 2. The zero-order chi connectivity index (χ0) is 17.8. The van der Waals surface area contributed by atoms with E-state index < -0.39 is 5.92 Å². The number of rotatable bonds is 5. The van der Waals surface area contributed by atoms with Crippen LogP contribution in [0.25, 0.3) is 0 Å². The van der Waals surface area contributed by atoms with Gasteiger partial charge in [0.1, 0.15) is 11.6 Å². The highest BCUT2D eigenvalue weighted by Gasteiger charge is 2.35. The molecule has 1 heterocycles. The Morgan fingerprint density at radius 1 is 1.24 bits per heavy atom. The number of amides is 2. The summed E-state index contributed by atoms with van der Waals surface area (Å²) in [6, 6.07) is 12.9. The maximum Gasteiger partial charge on any atom is 0.229 e. The molecule has 0 spiro atoms. The molecule has 0 aromatic heterocycles. The molecule has 0 bridgehead atoms. The van der Waals surface area contributed by atoms with Crippen molar-refractivity contribution in [2.24, 2.45) is 5.92 Å². The van der Waals surface area contributed by atoms with Crippen molar-refractivity contribution >= 4 is 23.2 Å². The first-order valence-electron chi connectivity index (χ1n) is 8.17. The third kappa shape index (κ3) is 3.79. The quantitative estimate of drug-likeness (QED) is 0.908. The van der Waals surface area contributed by atoms with Gasteiger partial charge in [-0.1, -0.05) is 12.1 Å². The maximum atomic E-state index is 13.0. The molecule has 1 aliphatic heterocycles. The van der Waals surface area contributed by atoms with Gasteiger partial charge in [0.2, 0.25) is 11.8 Å². The summed E-state index contributed by atoms with van der Waals surface area (Å²) >= 11 is 0. The van der Waals surface area contributed by atoms with Crippen LogP contribution in [0, 0.1) is 11.7 Å². The van der Waals surface area contributed by atoms with Crippen molar-refractivity contribution in [2.45, 2.75) is 13.3 Å². The monoisotopic (exact) mass is 342 g/mol. The Balaban J connectivity index is 1.70. The van der Waals surface area contributed by atoms with Crippen molar-refractivity contribution in [1.29, 1.82) is 0 Å². The van der Waals surface area contributed by atoms with Gasteiger partial charge in [-0.3, -0.25) is 9.59 Å². The second-order valence-electron chi connectivity index (χ2n) is 5.80. The van der Waals surface area contributed by atoms with Crippen LogP contribution in [0.15, 0.2) is 48.5 Å². The average molecular weight is 342 g/mol. The summed E-state index contributed by atoms with van der Waals surface area (Å²) in [6.45, 7) is 2.63. The Kier molecular flexibility index (Phi) is 4.97. The van der Waals surface area contributed by atoms with Gasteiger partial charge in [-0.05, 0) is 43.3 Å². The lowest BCUT2D eigenvalue weighted by atomic mass is 10.1. The molecule has 1 saturated heterocycles. The lowest BCUT2D eigenvalue weighted by Gasteiger charge is -2.17. The number of ether oxygens (including phenoxy) is 1. The van der Waals surface area contributed by atoms with Crippen LogP contribution in [-0.4, -0.2) is 25.0 Å². The minimum absolute atomic E-state index is 0.125. The fraction of sp³-hybridized carbons (Fsp3) is 0.263. The molecular weight excluding hydrogens is 323 g/mol. The number of hydrogen-bond donors (Lipinski definition) is 1. The van der Waals surface area contributed by atoms with E-state index in [1.54, 1.807) is 12.1 Å². The molecule has 0 saturated carbocycles. The van der Waals surface area contributed by atoms with Gasteiger partial charge in [-0.2, -0.15) is 0 Å². The molecule has 1 fully saturated rings. The van der Waals surface area contributed by atoms with Crippen molar-refractivity contribution < 1.29 is 18.7 Å². The van der Waals surface area contributed by atoms with Gasteiger partial charge >= 0.3 is 0 Å². The number of halogens is 1. The molecular formula is C19H19FN2O3. The second-order valence-corrected chi connectivity index (χ2v) is 5.80. The van der Waals surface area contributed by atoms with E-state index in [2.05, 4.69) is 5.32 Å². The smallest absolute Gasteiger partial charge is 0.229 e. The molecule has 130 valence electrons. The van der Waals surface area contributed by atoms with Gasteiger partial charge < -0.3 is 15.0 Å². The Morgan fingerprint density at radius 2 is 1.96 bits per heavy atom. The topological polar surface area (TPSA) is 58.6 Å². The molecule has 2 aromatic carbocycles. The molecule has 1 unspecified atom stereocenters. The van der Waals surface area contributed by atoms with Gasteiger partial charge in [0, 0.05) is 18.7 Å². The minimum Gasteiger partial charge on any atom is -0.492 e. The van der Waals surface area contributed by atoms with Crippen LogP contribution >= 0.6 is 0 Å². The van der Waals surface area contributed by atoms with Crippen LogP contribution in [0.5, 0.6) is 5.75 Å². The van der Waals surface area contributed by atoms with E-state index in [1.807, 2.05) is 19.1 Å². The molecule has 6 heteroatoms. The third-order valence-electron chi connectivity index (χ3n) is 4.08. The fourth-order valence-electron chi connectivity index (χ4n) is 2.84. The largest absolute Gasteiger partial charge is 0.492 e. The molecule has 1 aliphatic rings. The van der Waals surface area contributed by atoms with Crippen molar-refractivity contribution in [2.75, 3.05) is 23.4 Å². The molecule has 0 radical (unpaired) electrons. The molecule has 0 aliphatic carbocycles. The van der Waals surface area contributed by atoms with Crippen molar-refractivity contribution in [3.05, 3.63) is 54.3 Å². The van der Waals surface area contributed by atoms with E-state index in [0.29, 0.717) is 23.7 Å². The van der Waals surface area contributed by atoms with E-state index >= 15 is 0 Å². The van der Waals surface area contributed by atoms with Gasteiger partial charge in [0.05, 0.1) is 18.2 Å². The Morgan fingerprint density at radius 3 is 2.68 bits per heavy atom. The van der Waals surface area contributed by atoms with Gasteiger partial charge in [0.25, 0.3) is 0 Å². The van der Waals surface area contributed by atoms with Gasteiger partial charge in [-0.15, -0.1) is 0 Å². The normalized spacial score (nSPS) is 16.8. The molecule has 3 rings (SSSR count). The highest BCUT2D eigenvalue weighted by molar-refractivity contribution is 6.03. The van der Waals surface area contributed by atoms with E-state index in [0.717, 1.165) is 0 Å². The van der Waals surface area contributed by atoms with Crippen molar-refractivity contribution in [3.63, 3.8) is 0 Å². The molecule has 2 aromatic rings. The van der Waals surface area contributed by atoms with Crippen LogP contribution in [0.4, 0.5) is 15.8 Å². The summed E-state index contributed by atoms with van der Waals surface area (Å²) in [5.74, 6) is -0.613. The summed E-state index contributed by atoms with van der Waals surface area (Å²) in [5.41, 5.74) is 1.18. The zero-order valence-corrected chi connectivity index (χ0v) is 13.9. The molecule has 5 nitrogen and oxygen atoms in total. The first-order valence-corrected chi connectivity index (χ1v) is 8.17. The second kappa shape index (κ2) is 7.34. The fourth-order valence-corrected chi connectivity index (χ4v) is 2.84. The number of nitrogens with zero attached hydrogens (tertiary/aromatic N) is 1. The predicted octanol–water partition coefficient (Wildman–Crippen LogP) is 3.22. The van der Waals surface area contributed by atoms with Gasteiger partial charge in [0.15, 0.2) is 0 Å². The Bertz CT molecular complexity index is 776. The van der Waals surface area contributed by atoms with Crippen LogP contribution in [0.2, 0.25) is 0 Å². The predicted molar refractivity (Wildman–Crippen MR) is 93.1 cm³/mol. The summed E-state index contributed by atoms with van der Waals surface area (Å²) in [5, 5.41) is 2.84. The summed E-state index contributed by atoms with van der Waals surface area (Å²) < 4.78 is 18.5. The van der Waals surface area contributed by atoms with Crippen LogP contribution in [0.3, 0.4) is 0 Å². The Labute approximate surface area is 145 Å². The molecule has 1 N–H and O–H groups in total. The molecule has 2 amide bonds. The first-order chi connectivity index (χ1) is 12.1. The lowest BCUT2D eigenvalue weighted by Crippen LogP contribution is -2.28. The van der Waals surface area contributed by atoms with Crippen molar-refractivity contribution in [3.8, 4) is 5.75 Å². The van der Waals surface area contributed by atoms with E-state index in [9.17, 15) is 14.0 Å². The van der Waals surface area contributed by atoms with Crippen LogP contribution in [0.1, 0.15) is 13.3 Å². The standard InChI is InChI=1S/C19H19FN2O3/c1-2-25-17-6-4-3-5-16(17)21-19(24)13-11-18(23)22(12-13)15-9-7-14(20)8-10-15/h3-10,13H,2,11-12H2,1H3,(H,21,24). The number of para-hydroxylation sites is 2. The van der Waals surface area contributed by atoms with E-state index in [-0.39, 0.29) is 30.6 Å². The maximum absolute atomic E-state index is 13.0. The van der Waals surface area contributed by atoms with Crippen molar-refractivity contribution in [1.82, 2.24) is 0 Å². The number of carbonyl (C=O) groups is 2. The number of hydrogen-bond acceptors (Lipinski definition) is 3. The minimum atomic E-state index is -0.466. The zero-order valence-electron chi connectivity index (χ0n) is 13.9. The van der Waals surface area contributed by atoms with Gasteiger partial charge in [-0.25, -0.2) is 4.39 Å². The van der Waals surface area contributed by atoms with Crippen LogP contribution < -0.4 is 15.0 Å². The summed E-state index contributed by atoms with van der Waals surface area (Å²) in [6.07, 6.45) is 0.125. The number of nitrogens with one attached hydrogen (secondary N) is 1. The highest BCUT2D eigenvalue weighted by Crippen LogP contribution is 2.28. The molecule has 1 atom stereocenters. The van der Waals surface area contributed by atoms with Crippen LogP contribution in [-0.2, 0) is 9.59 Å². The highest BCUT2D eigenvalue weighted by atomic mass is 19.1. The average Bonchev–Trinajstić information content (AvgIpc) is 2.99. The molecule has 25 heavy (non-hydrogen) atoms. The number of anilines is 2. The SMILES string of the molecule is CCOc1ccccc1NC(=O)C1CC(=O)N(c2ccc(F)cc2)C1. The summed E-state index contributed by atoms with van der Waals surface area (Å²) in [7, 11) is 0. The first kappa shape index (κ1) is 17.0. The summed E-state index contributed by atoms with van der Waals surface area (Å²) in [4.78, 5) is 26.3. The lowest BCUT2D eigenvalue weighted by molar-refractivity contribution is -0.122. The Hall–Kier alpha value is -2.89. The number of carbonyl (C=O) groups excluding carboxylic acids is 2.